The number of primary amides is 1. The highest BCUT2D eigenvalue weighted by molar-refractivity contribution is 7.16. The van der Waals surface area contributed by atoms with Crippen molar-refractivity contribution in [1.82, 2.24) is 5.32 Å². The fourth-order valence-corrected chi connectivity index (χ4v) is 3.23. The molecule has 0 bridgehead atoms. The molecule has 1 heterocycles. The Bertz CT molecular complexity index is 364. The molecule has 1 atom stereocenters. The van der Waals surface area contributed by atoms with Crippen molar-refractivity contribution in [3.8, 4) is 0 Å². The maximum Gasteiger partial charge on any atom is 0.312 e. The van der Waals surface area contributed by atoms with Crippen molar-refractivity contribution in [3.05, 3.63) is 20.8 Å². The van der Waals surface area contributed by atoms with Gasteiger partial charge in [0, 0.05) is 4.88 Å². The molecule has 14 heavy (non-hydrogen) atoms. The van der Waals surface area contributed by atoms with E-state index in [1.165, 1.54) is 4.88 Å². The first-order valence-electron chi connectivity index (χ1n) is 4.51. The van der Waals surface area contributed by atoms with Gasteiger partial charge in [-0.25, -0.2) is 4.79 Å². The first kappa shape index (κ1) is 9.80. The number of nitrogens with two attached hydrogens (primary N) is 1. The van der Waals surface area contributed by atoms with Crippen LogP contribution in [0.15, 0.2) is 6.07 Å². The van der Waals surface area contributed by atoms with E-state index in [1.807, 2.05) is 6.07 Å². The summed E-state index contributed by atoms with van der Waals surface area (Å²) < 4.78 is 0.785. The monoisotopic (exact) mass is 230 g/mol. The number of nitrogens with one attached hydrogen (secondary N) is 1. The standard InChI is InChI=1S/C9H11ClN2OS/c10-8-4-5-6(12-9(11)13)2-1-3-7(5)14-8/h4,6H,1-3H2,(H3,11,12,13). The molecular weight excluding hydrogens is 220 g/mol. The number of hydrogen-bond acceptors (Lipinski definition) is 2. The van der Waals surface area contributed by atoms with Crippen LogP contribution in [0.4, 0.5) is 4.79 Å². The first-order chi connectivity index (χ1) is 6.66. The van der Waals surface area contributed by atoms with Crippen LogP contribution in [-0.4, -0.2) is 6.03 Å². The van der Waals surface area contributed by atoms with Crippen LogP contribution in [0.1, 0.15) is 29.3 Å². The number of carbonyl (C=O) groups is 1. The lowest BCUT2D eigenvalue weighted by molar-refractivity contribution is 0.244. The van der Waals surface area contributed by atoms with Gasteiger partial charge in [-0.3, -0.25) is 0 Å². The summed E-state index contributed by atoms with van der Waals surface area (Å²) in [6.45, 7) is 0. The summed E-state index contributed by atoms with van der Waals surface area (Å²) in [4.78, 5) is 12.0. The molecule has 0 aliphatic heterocycles. The van der Waals surface area contributed by atoms with Gasteiger partial charge in [0.25, 0.3) is 0 Å². The van der Waals surface area contributed by atoms with Gasteiger partial charge in [-0.2, -0.15) is 0 Å². The summed E-state index contributed by atoms with van der Waals surface area (Å²) in [7, 11) is 0. The number of carbonyl (C=O) groups excluding carboxylic acids is 1. The number of rotatable bonds is 1. The Kier molecular flexibility index (Phi) is 2.65. The zero-order chi connectivity index (χ0) is 10.1. The SMILES string of the molecule is NC(=O)NC1CCCc2sc(Cl)cc21. The highest BCUT2D eigenvalue weighted by Crippen LogP contribution is 2.37. The van der Waals surface area contributed by atoms with E-state index >= 15 is 0 Å². The van der Waals surface area contributed by atoms with Crippen molar-refractivity contribution in [1.29, 1.82) is 0 Å². The van der Waals surface area contributed by atoms with Gasteiger partial charge in [-0.15, -0.1) is 11.3 Å². The van der Waals surface area contributed by atoms with E-state index in [4.69, 9.17) is 17.3 Å². The van der Waals surface area contributed by atoms with E-state index in [1.54, 1.807) is 11.3 Å². The summed E-state index contributed by atoms with van der Waals surface area (Å²) in [5.74, 6) is 0. The Labute approximate surface area is 91.2 Å². The maximum atomic E-state index is 10.8. The molecule has 5 heteroatoms. The van der Waals surface area contributed by atoms with Gasteiger partial charge >= 0.3 is 6.03 Å². The van der Waals surface area contributed by atoms with Crippen LogP contribution in [0.3, 0.4) is 0 Å². The average Bonchev–Trinajstić information content (AvgIpc) is 2.45. The normalized spacial score (nSPS) is 20.2. The number of thiophene rings is 1. The first-order valence-corrected chi connectivity index (χ1v) is 5.70. The summed E-state index contributed by atoms with van der Waals surface area (Å²) in [5.41, 5.74) is 6.25. The van der Waals surface area contributed by atoms with Crippen molar-refractivity contribution in [2.24, 2.45) is 5.73 Å². The molecule has 1 aliphatic rings. The van der Waals surface area contributed by atoms with Crippen molar-refractivity contribution in [2.75, 3.05) is 0 Å². The molecule has 1 aliphatic carbocycles. The molecule has 0 saturated carbocycles. The second-order valence-corrected chi connectivity index (χ2v) is 5.15. The maximum absolute atomic E-state index is 10.8. The third-order valence-corrected chi connectivity index (χ3v) is 3.74. The van der Waals surface area contributed by atoms with Crippen molar-refractivity contribution in [3.63, 3.8) is 0 Å². The van der Waals surface area contributed by atoms with Gasteiger partial charge in [-0.05, 0) is 30.9 Å². The lowest BCUT2D eigenvalue weighted by Gasteiger charge is -2.22. The molecule has 2 amide bonds. The second kappa shape index (κ2) is 3.79. The van der Waals surface area contributed by atoms with E-state index in [0.29, 0.717) is 0 Å². The third-order valence-electron chi connectivity index (χ3n) is 2.40. The zero-order valence-electron chi connectivity index (χ0n) is 7.55. The predicted molar refractivity (Wildman–Crippen MR) is 57.7 cm³/mol. The van der Waals surface area contributed by atoms with Crippen molar-refractivity contribution in [2.45, 2.75) is 25.3 Å². The number of amides is 2. The average molecular weight is 231 g/mol. The molecule has 76 valence electrons. The third kappa shape index (κ3) is 1.86. The molecule has 0 spiro atoms. The van der Waals surface area contributed by atoms with Crippen LogP contribution in [0.2, 0.25) is 4.34 Å². The van der Waals surface area contributed by atoms with Crippen LogP contribution in [0.5, 0.6) is 0 Å². The lowest BCUT2D eigenvalue weighted by Crippen LogP contribution is -2.34. The summed E-state index contributed by atoms with van der Waals surface area (Å²) in [5, 5.41) is 2.74. The van der Waals surface area contributed by atoms with Crippen LogP contribution in [0, 0.1) is 0 Å². The van der Waals surface area contributed by atoms with Gasteiger partial charge in [0.1, 0.15) is 0 Å². The zero-order valence-corrected chi connectivity index (χ0v) is 9.12. The molecule has 3 nitrogen and oxygen atoms in total. The Morgan fingerprint density at radius 2 is 2.50 bits per heavy atom. The van der Waals surface area contributed by atoms with Gasteiger partial charge in [0.15, 0.2) is 0 Å². The molecule has 0 aromatic carbocycles. The van der Waals surface area contributed by atoms with E-state index < -0.39 is 6.03 Å². The Morgan fingerprint density at radius 3 is 3.21 bits per heavy atom. The van der Waals surface area contributed by atoms with Gasteiger partial charge in [-0.1, -0.05) is 11.6 Å². The van der Waals surface area contributed by atoms with Crippen molar-refractivity contribution < 1.29 is 4.79 Å². The van der Waals surface area contributed by atoms with Crippen LogP contribution < -0.4 is 11.1 Å². The molecule has 1 aromatic heterocycles. The van der Waals surface area contributed by atoms with Gasteiger partial charge < -0.3 is 11.1 Å². The minimum absolute atomic E-state index is 0.0556. The molecule has 0 saturated heterocycles. The summed E-state index contributed by atoms with van der Waals surface area (Å²) in [6, 6.07) is 1.52. The Morgan fingerprint density at radius 1 is 1.71 bits per heavy atom. The molecule has 0 radical (unpaired) electrons. The smallest absolute Gasteiger partial charge is 0.312 e. The largest absolute Gasteiger partial charge is 0.352 e. The summed E-state index contributed by atoms with van der Waals surface area (Å²) >= 11 is 7.52. The molecule has 0 fully saturated rings. The lowest BCUT2D eigenvalue weighted by atomic mass is 9.94. The number of fused-ring (bicyclic) bond motifs is 1. The molecule has 3 N–H and O–H groups in total. The van der Waals surface area contributed by atoms with E-state index in [0.717, 1.165) is 29.2 Å². The summed E-state index contributed by atoms with van der Waals surface area (Å²) in [6.07, 6.45) is 3.08. The highest BCUT2D eigenvalue weighted by Gasteiger charge is 2.23. The number of halogens is 1. The van der Waals surface area contributed by atoms with E-state index in [2.05, 4.69) is 5.32 Å². The minimum Gasteiger partial charge on any atom is -0.352 e. The van der Waals surface area contributed by atoms with Crippen molar-refractivity contribution >= 4 is 29.0 Å². The quantitative estimate of drug-likeness (QED) is 0.765. The number of aryl methyl sites for hydroxylation is 1. The number of hydrogen-bond donors (Lipinski definition) is 2. The molecule has 2 rings (SSSR count). The van der Waals surface area contributed by atoms with Gasteiger partial charge in [0.2, 0.25) is 0 Å². The van der Waals surface area contributed by atoms with E-state index in [9.17, 15) is 4.79 Å². The fourth-order valence-electron chi connectivity index (χ4n) is 1.84. The Hall–Kier alpha value is -0.740. The second-order valence-electron chi connectivity index (χ2n) is 3.38. The molecule has 1 unspecified atom stereocenters. The topological polar surface area (TPSA) is 55.1 Å². The molecular formula is C9H11ClN2OS. The number of urea groups is 1. The minimum atomic E-state index is -0.467. The predicted octanol–water partition coefficient (Wildman–Crippen LogP) is 2.45. The highest BCUT2D eigenvalue weighted by atomic mass is 35.5. The van der Waals surface area contributed by atoms with Crippen LogP contribution in [-0.2, 0) is 6.42 Å². The molecule has 1 aromatic rings. The van der Waals surface area contributed by atoms with Crippen LogP contribution in [0.25, 0.3) is 0 Å². The van der Waals surface area contributed by atoms with E-state index in [-0.39, 0.29) is 6.04 Å². The van der Waals surface area contributed by atoms with Crippen LogP contribution >= 0.6 is 22.9 Å². The van der Waals surface area contributed by atoms with Gasteiger partial charge in [0.05, 0.1) is 10.4 Å². The fraction of sp³-hybridized carbons (Fsp3) is 0.444. The Balaban J connectivity index is 2.25.